The molecule has 1 amide bonds. The molecule has 2 aliphatic rings. The number of methoxy groups -OCH3 is 2. The quantitative estimate of drug-likeness (QED) is 0.730. The smallest absolute Gasteiger partial charge is 0.319 e. The zero-order chi connectivity index (χ0) is 20.4. The predicted octanol–water partition coefficient (Wildman–Crippen LogP) is 2.61. The van der Waals surface area contributed by atoms with Gasteiger partial charge in [-0.25, -0.2) is 0 Å². The molecule has 0 spiro atoms. The van der Waals surface area contributed by atoms with Gasteiger partial charge < -0.3 is 14.4 Å². The van der Waals surface area contributed by atoms with E-state index in [1.165, 1.54) is 7.11 Å². The second kappa shape index (κ2) is 8.25. The molecule has 4 rings (SSSR count). The summed E-state index contributed by atoms with van der Waals surface area (Å²) in [6.45, 7) is 2.53. The Bertz CT molecular complexity index is 885. The number of benzene rings is 2. The Morgan fingerprint density at radius 3 is 2.41 bits per heavy atom. The molecule has 0 unspecified atom stereocenters. The summed E-state index contributed by atoms with van der Waals surface area (Å²) in [4.78, 5) is 29.4. The molecule has 2 heterocycles. The third-order valence-electron chi connectivity index (χ3n) is 6.06. The van der Waals surface area contributed by atoms with Crippen LogP contribution in [0.4, 0.5) is 0 Å². The maximum atomic E-state index is 13.5. The van der Waals surface area contributed by atoms with Gasteiger partial charge in [0.1, 0.15) is 5.75 Å². The van der Waals surface area contributed by atoms with E-state index in [1.807, 2.05) is 47.4 Å². The van der Waals surface area contributed by atoms with Crippen LogP contribution >= 0.6 is 0 Å². The second-order valence-electron chi connectivity index (χ2n) is 7.71. The van der Waals surface area contributed by atoms with Gasteiger partial charge >= 0.3 is 5.97 Å². The summed E-state index contributed by atoms with van der Waals surface area (Å²) < 4.78 is 10.3. The number of esters is 1. The van der Waals surface area contributed by atoms with Crippen LogP contribution in [-0.2, 0) is 9.53 Å². The number of hydrogen-bond donors (Lipinski definition) is 0. The van der Waals surface area contributed by atoms with E-state index in [-0.39, 0.29) is 23.8 Å². The van der Waals surface area contributed by atoms with Crippen molar-refractivity contribution in [3.63, 3.8) is 0 Å². The van der Waals surface area contributed by atoms with Crippen LogP contribution < -0.4 is 4.74 Å². The molecule has 29 heavy (non-hydrogen) atoms. The molecule has 6 heteroatoms. The van der Waals surface area contributed by atoms with Gasteiger partial charge in [0.2, 0.25) is 0 Å². The van der Waals surface area contributed by atoms with Gasteiger partial charge in [0.25, 0.3) is 5.91 Å². The summed E-state index contributed by atoms with van der Waals surface area (Å²) in [5.41, 5.74) is 1.71. The molecule has 0 saturated carbocycles. The first kappa shape index (κ1) is 19.5. The van der Waals surface area contributed by atoms with E-state index >= 15 is 0 Å². The molecular formula is C23H26N2O4. The third-order valence-corrected chi connectivity index (χ3v) is 6.06. The molecule has 0 radical (unpaired) electrons. The van der Waals surface area contributed by atoms with Crippen molar-refractivity contribution < 1.29 is 19.1 Å². The Balaban J connectivity index is 1.63. The third kappa shape index (κ3) is 3.72. The number of hydrogen-bond acceptors (Lipinski definition) is 5. The van der Waals surface area contributed by atoms with Crippen molar-refractivity contribution in [2.45, 2.75) is 6.04 Å². The molecule has 2 saturated heterocycles. The first-order valence-corrected chi connectivity index (χ1v) is 9.90. The van der Waals surface area contributed by atoms with Crippen LogP contribution in [0.3, 0.4) is 0 Å². The Labute approximate surface area is 171 Å². The number of para-hydroxylation sites is 1. The van der Waals surface area contributed by atoms with Crippen LogP contribution in [-0.4, -0.2) is 62.1 Å². The highest BCUT2D eigenvalue weighted by molar-refractivity contribution is 5.97. The van der Waals surface area contributed by atoms with Crippen molar-refractivity contribution in [1.29, 1.82) is 0 Å². The van der Waals surface area contributed by atoms with Crippen molar-refractivity contribution >= 4 is 11.9 Å². The lowest BCUT2D eigenvalue weighted by atomic mass is 9.89. The van der Waals surface area contributed by atoms with Crippen LogP contribution in [0, 0.1) is 11.8 Å². The van der Waals surface area contributed by atoms with Crippen LogP contribution in [0.2, 0.25) is 0 Å². The van der Waals surface area contributed by atoms with Crippen molar-refractivity contribution in [1.82, 2.24) is 9.80 Å². The number of likely N-dealkylation sites (tertiary alicyclic amines) is 2. The van der Waals surface area contributed by atoms with E-state index < -0.39 is 0 Å². The lowest BCUT2D eigenvalue weighted by molar-refractivity contribution is -0.141. The Kier molecular flexibility index (Phi) is 5.53. The highest BCUT2D eigenvalue weighted by Gasteiger charge is 2.49. The minimum atomic E-state index is -0.219. The SMILES string of the molecule is COC(=O)CN1C[C@H]2CN(C(=O)c3ccccc3OC)[C@H](c3ccccc3)[C@H]2C1. The summed E-state index contributed by atoms with van der Waals surface area (Å²) in [6, 6.07) is 17.5. The number of rotatable bonds is 5. The Hall–Kier alpha value is -2.86. The van der Waals surface area contributed by atoms with Gasteiger partial charge in [-0.3, -0.25) is 14.5 Å². The minimum absolute atomic E-state index is 0.00905. The molecule has 2 aromatic rings. The molecule has 6 nitrogen and oxygen atoms in total. The van der Waals surface area contributed by atoms with Crippen molar-refractivity contribution in [2.75, 3.05) is 40.4 Å². The number of carbonyl (C=O) groups is 2. The van der Waals surface area contributed by atoms with Gasteiger partial charge in [-0.15, -0.1) is 0 Å². The summed E-state index contributed by atoms with van der Waals surface area (Å²) in [5.74, 6) is 0.964. The zero-order valence-corrected chi connectivity index (χ0v) is 16.8. The number of fused-ring (bicyclic) bond motifs is 1. The molecule has 2 aliphatic heterocycles. The average Bonchev–Trinajstić information content (AvgIpc) is 3.30. The van der Waals surface area contributed by atoms with Gasteiger partial charge in [-0.1, -0.05) is 42.5 Å². The first-order valence-electron chi connectivity index (χ1n) is 9.90. The van der Waals surface area contributed by atoms with E-state index in [0.29, 0.717) is 30.3 Å². The van der Waals surface area contributed by atoms with Gasteiger partial charge in [0.05, 0.1) is 32.4 Å². The number of ether oxygens (including phenoxy) is 2. The van der Waals surface area contributed by atoms with Gasteiger partial charge in [0, 0.05) is 25.6 Å². The molecule has 0 aromatic heterocycles. The van der Waals surface area contributed by atoms with E-state index in [1.54, 1.807) is 7.11 Å². The number of nitrogens with zero attached hydrogens (tertiary/aromatic N) is 2. The summed E-state index contributed by atoms with van der Waals surface area (Å²) >= 11 is 0. The fraction of sp³-hybridized carbons (Fsp3) is 0.391. The van der Waals surface area contributed by atoms with Crippen molar-refractivity contribution in [3.05, 3.63) is 65.7 Å². The molecule has 2 fully saturated rings. The van der Waals surface area contributed by atoms with Gasteiger partial charge in [0.15, 0.2) is 0 Å². The molecular weight excluding hydrogens is 368 g/mol. The molecule has 0 N–H and O–H groups in total. The standard InChI is InChI=1S/C23H26N2O4/c1-28-20-11-7-6-10-18(20)23(27)25-13-17-12-24(15-21(26)29-2)14-19(17)22(25)16-8-4-3-5-9-16/h3-11,17,19,22H,12-15H2,1-2H3/t17-,19-,22+/m0/s1. The lowest BCUT2D eigenvalue weighted by Gasteiger charge is -2.30. The summed E-state index contributed by atoms with van der Waals surface area (Å²) in [5, 5.41) is 0. The predicted molar refractivity (Wildman–Crippen MR) is 109 cm³/mol. The highest BCUT2D eigenvalue weighted by atomic mass is 16.5. The van der Waals surface area contributed by atoms with Crippen LogP contribution in [0.5, 0.6) is 5.75 Å². The number of carbonyl (C=O) groups excluding carboxylic acids is 2. The Morgan fingerprint density at radius 1 is 0.966 bits per heavy atom. The maximum Gasteiger partial charge on any atom is 0.319 e. The van der Waals surface area contributed by atoms with E-state index in [9.17, 15) is 9.59 Å². The monoisotopic (exact) mass is 394 g/mol. The first-order chi connectivity index (χ1) is 14.1. The fourth-order valence-corrected chi connectivity index (χ4v) is 4.78. The van der Waals surface area contributed by atoms with Gasteiger partial charge in [-0.05, 0) is 23.6 Å². The second-order valence-corrected chi connectivity index (χ2v) is 7.71. The molecule has 0 bridgehead atoms. The van der Waals surface area contributed by atoms with Gasteiger partial charge in [-0.2, -0.15) is 0 Å². The molecule has 2 aromatic carbocycles. The molecule has 152 valence electrons. The number of amides is 1. The summed E-state index contributed by atoms with van der Waals surface area (Å²) in [7, 11) is 3.00. The topological polar surface area (TPSA) is 59.1 Å². The molecule has 0 aliphatic carbocycles. The van der Waals surface area contributed by atoms with E-state index in [0.717, 1.165) is 18.7 Å². The van der Waals surface area contributed by atoms with Crippen LogP contribution in [0.1, 0.15) is 22.0 Å². The average molecular weight is 394 g/mol. The summed E-state index contributed by atoms with van der Waals surface area (Å²) in [6.07, 6.45) is 0. The van der Waals surface area contributed by atoms with E-state index in [4.69, 9.17) is 9.47 Å². The Morgan fingerprint density at radius 2 is 1.69 bits per heavy atom. The van der Waals surface area contributed by atoms with Crippen LogP contribution in [0.15, 0.2) is 54.6 Å². The fourth-order valence-electron chi connectivity index (χ4n) is 4.78. The molecule has 3 atom stereocenters. The lowest BCUT2D eigenvalue weighted by Crippen LogP contribution is -2.37. The van der Waals surface area contributed by atoms with Crippen molar-refractivity contribution in [3.8, 4) is 5.75 Å². The van der Waals surface area contributed by atoms with Crippen molar-refractivity contribution in [2.24, 2.45) is 11.8 Å². The highest BCUT2D eigenvalue weighted by Crippen LogP contribution is 2.45. The largest absolute Gasteiger partial charge is 0.496 e. The van der Waals surface area contributed by atoms with Crippen LogP contribution in [0.25, 0.3) is 0 Å². The maximum absolute atomic E-state index is 13.5. The normalized spacial score (nSPS) is 23.7. The zero-order valence-electron chi connectivity index (χ0n) is 16.8. The minimum Gasteiger partial charge on any atom is -0.496 e. The van der Waals surface area contributed by atoms with E-state index in [2.05, 4.69) is 17.0 Å².